The van der Waals surface area contributed by atoms with E-state index in [2.05, 4.69) is 27.3 Å². The second kappa shape index (κ2) is 6.91. The minimum absolute atomic E-state index is 0.744. The zero-order valence-electron chi connectivity index (χ0n) is 15.2. The van der Waals surface area contributed by atoms with Crippen molar-refractivity contribution >= 4 is 22.9 Å². The number of rotatable bonds is 3. The van der Waals surface area contributed by atoms with E-state index in [0.29, 0.717) is 0 Å². The van der Waals surface area contributed by atoms with Crippen LogP contribution in [0.2, 0.25) is 5.02 Å². The molecule has 0 spiro atoms. The third kappa shape index (κ3) is 3.30. The summed E-state index contributed by atoms with van der Waals surface area (Å²) >= 11 is 6.22. The van der Waals surface area contributed by atoms with Gasteiger partial charge in [-0.3, -0.25) is 4.90 Å². The number of anilines is 1. The highest BCUT2D eigenvalue weighted by Crippen LogP contribution is 2.29. The average Bonchev–Trinajstić information content (AvgIpc) is 2.97. The highest BCUT2D eigenvalue weighted by Gasteiger charge is 2.20. The molecule has 1 aromatic carbocycles. The van der Waals surface area contributed by atoms with Gasteiger partial charge in [0.25, 0.3) is 0 Å². The van der Waals surface area contributed by atoms with Crippen molar-refractivity contribution in [1.29, 1.82) is 0 Å². The first-order valence-corrected chi connectivity index (χ1v) is 9.33. The van der Waals surface area contributed by atoms with Gasteiger partial charge in [0.15, 0.2) is 0 Å². The molecule has 1 aliphatic heterocycles. The maximum Gasteiger partial charge on any atom is 0.137 e. The van der Waals surface area contributed by atoms with E-state index < -0.39 is 0 Å². The molecule has 3 heterocycles. The fourth-order valence-electron chi connectivity index (χ4n) is 3.50. The summed E-state index contributed by atoms with van der Waals surface area (Å²) in [7, 11) is 2.17. The van der Waals surface area contributed by atoms with E-state index in [9.17, 15) is 0 Å². The van der Waals surface area contributed by atoms with Gasteiger partial charge in [-0.05, 0) is 43.8 Å². The summed E-state index contributed by atoms with van der Waals surface area (Å²) in [4.78, 5) is 9.76. The van der Waals surface area contributed by atoms with Gasteiger partial charge in [-0.15, -0.1) is 0 Å². The normalized spacial score (nSPS) is 16.4. The molecule has 0 aliphatic carbocycles. The van der Waals surface area contributed by atoms with Gasteiger partial charge in [0.1, 0.15) is 5.65 Å². The highest BCUT2D eigenvalue weighted by atomic mass is 35.5. The van der Waals surface area contributed by atoms with Crippen LogP contribution in [0.25, 0.3) is 16.9 Å². The first kappa shape index (κ1) is 17.3. The second-order valence-corrected chi connectivity index (χ2v) is 7.55. The van der Waals surface area contributed by atoms with E-state index in [1.807, 2.05) is 37.4 Å². The third-order valence-electron chi connectivity index (χ3n) is 5.14. The van der Waals surface area contributed by atoms with E-state index in [1.54, 1.807) is 0 Å². The molecule has 0 bridgehead atoms. The molecule has 2 N–H and O–H groups in total. The standard InChI is InChI=1S/C20H24ClN5/c1-14-11-15(3-5-17(14)21)20-18(13-25-9-7-24(2)8-10-25)26-12-16(22)4-6-19(26)23-20/h3-6,11-12H,7-10,13,22H2,1-2H3. The zero-order valence-corrected chi connectivity index (χ0v) is 16.0. The lowest BCUT2D eigenvalue weighted by Gasteiger charge is -2.32. The van der Waals surface area contributed by atoms with Gasteiger partial charge in [-0.2, -0.15) is 0 Å². The lowest BCUT2D eigenvalue weighted by Crippen LogP contribution is -2.44. The summed E-state index contributed by atoms with van der Waals surface area (Å²) in [5.41, 5.74) is 12.1. The molecule has 2 aromatic heterocycles. The van der Waals surface area contributed by atoms with Gasteiger partial charge in [-0.1, -0.05) is 17.7 Å². The number of aryl methyl sites for hydroxylation is 1. The van der Waals surface area contributed by atoms with Crippen molar-refractivity contribution in [3.63, 3.8) is 0 Å². The fraction of sp³-hybridized carbons (Fsp3) is 0.350. The Morgan fingerprint density at radius 2 is 1.88 bits per heavy atom. The molecular formula is C20H24ClN5. The number of hydrogen-bond acceptors (Lipinski definition) is 4. The number of fused-ring (bicyclic) bond motifs is 1. The molecule has 0 amide bonds. The molecule has 0 radical (unpaired) electrons. The van der Waals surface area contributed by atoms with Crippen LogP contribution in [0.5, 0.6) is 0 Å². The zero-order chi connectivity index (χ0) is 18.3. The van der Waals surface area contributed by atoms with Crippen LogP contribution in [0.15, 0.2) is 36.5 Å². The Balaban J connectivity index is 1.79. The van der Waals surface area contributed by atoms with Crippen molar-refractivity contribution in [1.82, 2.24) is 19.2 Å². The van der Waals surface area contributed by atoms with Crippen molar-refractivity contribution < 1.29 is 0 Å². The number of likely N-dealkylation sites (N-methyl/N-ethyl adjacent to an activating group) is 1. The molecule has 1 fully saturated rings. The van der Waals surface area contributed by atoms with Crippen LogP contribution in [-0.4, -0.2) is 52.4 Å². The lowest BCUT2D eigenvalue weighted by molar-refractivity contribution is 0.147. The molecule has 4 rings (SSSR count). The van der Waals surface area contributed by atoms with Crippen molar-refractivity contribution in [2.24, 2.45) is 0 Å². The van der Waals surface area contributed by atoms with E-state index in [4.69, 9.17) is 22.3 Å². The monoisotopic (exact) mass is 369 g/mol. The molecule has 0 unspecified atom stereocenters. The summed E-state index contributed by atoms with van der Waals surface area (Å²) in [5, 5.41) is 0.780. The van der Waals surface area contributed by atoms with Crippen molar-refractivity contribution in [2.45, 2.75) is 13.5 Å². The Labute approximate surface area is 159 Å². The quantitative estimate of drug-likeness (QED) is 0.769. The average molecular weight is 370 g/mol. The first-order chi connectivity index (χ1) is 12.5. The van der Waals surface area contributed by atoms with Crippen LogP contribution in [-0.2, 0) is 6.54 Å². The number of nitrogens with zero attached hydrogens (tertiary/aromatic N) is 4. The number of benzene rings is 1. The summed E-state index contributed by atoms with van der Waals surface area (Å²) in [6, 6.07) is 9.99. The van der Waals surface area contributed by atoms with Gasteiger partial charge >= 0.3 is 0 Å². The Kier molecular flexibility index (Phi) is 4.61. The SMILES string of the molecule is Cc1cc(-c2nc3ccc(N)cn3c2CN2CCN(C)CC2)ccc1Cl. The topological polar surface area (TPSA) is 49.8 Å². The summed E-state index contributed by atoms with van der Waals surface area (Å²) in [6.45, 7) is 7.19. The summed E-state index contributed by atoms with van der Waals surface area (Å²) < 4.78 is 2.13. The molecule has 0 atom stereocenters. The minimum atomic E-state index is 0.744. The van der Waals surface area contributed by atoms with Crippen molar-refractivity contribution in [3.05, 3.63) is 52.8 Å². The van der Waals surface area contributed by atoms with Gasteiger partial charge in [-0.25, -0.2) is 4.98 Å². The molecule has 1 aliphatic rings. The summed E-state index contributed by atoms with van der Waals surface area (Å²) in [6.07, 6.45) is 1.97. The van der Waals surface area contributed by atoms with Gasteiger partial charge in [0.05, 0.1) is 11.4 Å². The number of nitrogen functional groups attached to an aromatic ring is 1. The molecule has 0 saturated carbocycles. The van der Waals surface area contributed by atoms with Crippen LogP contribution in [0, 0.1) is 6.92 Å². The Hall–Kier alpha value is -2.08. The fourth-order valence-corrected chi connectivity index (χ4v) is 3.62. The minimum Gasteiger partial charge on any atom is -0.398 e. The number of halogens is 1. The maximum absolute atomic E-state index is 6.22. The van der Waals surface area contributed by atoms with E-state index in [1.165, 1.54) is 5.69 Å². The second-order valence-electron chi connectivity index (χ2n) is 7.14. The van der Waals surface area contributed by atoms with E-state index in [-0.39, 0.29) is 0 Å². The number of nitrogens with two attached hydrogens (primary N) is 1. The van der Waals surface area contributed by atoms with Crippen LogP contribution < -0.4 is 5.73 Å². The van der Waals surface area contributed by atoms with Crippen LogP contribution in [0.1, 0.15) is 11.3 Å². The highest BCUT2D eigenvalue weighted by molar-refractivity contribution is 6.31. The van der Waals surface area contributed by atoms with Crippen LogP contribution in [0.4, 0.5) is 5.69 Å². The molecule has 1 saturated heterocycles. The smallest absolute Gasteiger partial charge is 0.137 e. The third-order valence-corrected chi connectivity index (χ3v) is 5.57. The molecule has 5 nitrogen and oxygen atoms in total. The summed E-state index contributed by atoms with van der Waals surface area (Å²) in [5.74, 6) is 0. The first-order valence-electron chi connectivity index (χ1n) is 8.95. The Bertz CT molecular complexity index is 941. The molecular weight excluding hydrogens is 346 g/mol. The molecule has 6 heteroatoms. The van der Waals surface area contributed by atoms with Crippen molar-refractivity contribution in [2.75, 3.05) is 39.0 Å². The predicted octanol–water partition coefficient (Wildman–Crippen LogP) is 3.29. The Morgan fingerprint density at radius 3 is 2.62 bits per heavy atom. The van der Waals surface area contributed by atoms with E-state index in [0.717, 1.165) is 65.9 Å². The largest absolute Gasteiger partial charge is 0.398 e. The van der Waals surface area contributed by atoms with Gasteiger partial charge in [0, 0.05) is 55.2 Å². The number of hydrogen-bond donors (Lipinski definition) is 1. The van der Waals surface area contributed by atoms with Gasteiger partial charge < -0.3 is 15.0 Å². The lowest BCUT2D eigenvalue weighted by atomic mass is 10.1. The number of piperazine rings is 1. The van der Waals surface area contributed by atoms with Crippen LogP contribution >= 0.6 is 11.6 Å². The number of imidazole rings is 1. The number of pyridine rings is 1. The number of aromatic nitrogens is 2. The molecule has 3 aromatic rings. The predicted molar refractivity (Wildman–Crippen MR) is 108 cm³/mol. The van der Waals surface area contributed by atoms with Crippen LogP contribution in [0.3, 0.4) is 0 Å². The molecule has 136 valence electrons. The van der Waals surface area contributed by atoms with Crippen molar-refractivity contribution in [3.8, 4) is 11.3 Å². The maximum atomic E-state index is 6.22. The van der Waals surface area contributed by atoms with Gasteiger partial charge in [0.2, 0.25) is 0 Å². The van der Waals surface area contributed by atoms with E-state index >= 15 is 0 Å². The Morgan fingerprint density at radius 1 is 1.12 bits per heavy atom. The molecule has 26 heavy (non-hydrogen) atoms.